The van der Waals surface area contributed by atoms with Gasteiger partial charge in [0.15, 0.2) is 5.13 Å². The molecule has 18 heavy (non-hydrogen) atoms. The van der Waals surface area contributed by atoms with Gasteiger partial charge in [-0.2, -0.15) is 0 Å². The normalized spacial score (nSPS) is 10.9. The Balaban J connectivity index is 2.84. The lowest BCUT2D eigenvalue weighted by Gasteiger charge is -2.23. The average Bonchev–Trinajstić information content (AvgIpc) is 2.66. The Morgan fingerprint density at radius 3 is 2.44 bits per heavy atom. The van der Waals surface area contributed by atoms with E-state index in [1.54, 1.807) is 6.92 Å². The van der Waals surface area contributed by atoms with E-state index in [0.29, 0.717) is 10.6 Å². The number of likely N-dealkylation sites (N-methyl/N-ethyl adjacent to an activating group) is 1. The topological polar surface area (TPSA) is 56.7 Å². The number of aromatic nitrogens is 1. The molecular weight excluding hydrogens is 250 g/mol. The van der Waals surface area contributed by atoms with Crippen molar-refractivity contribution >= 4 is 22.4 Å². The van der Waals surface area contributed by atoms with Crippen LogP contribution in [-0.2, 0) is 0 Å². The first-order valence-corrected chi connectivity index (χ1v) is 6.87. The number of hydrogen-bond donors (Lipinski definition) is 1. The zero-order chi connectivity index (χ0) is 13.7. The molecule has 0 saturated carbocycles. The molecule has 0 atom stereocenters. The molecule has 0 saturated heterocycles. The van der Waals surface area contributed by atoms with Crippen molar-refractivity contribution in [3.8, 4) is 0 Å². The van der Waals surface area contributed by atoms with Gasteiger partial charge in [-0.15, -0.1) is 0 Å². The molecule has 1 N–H and O–H groups in total. The average molecular weight is 271 g/mol. The Kier molecular flexibility index (Phi) is 5.55. The number of thiazole rings is 1. The minimum absolute atomic E-state index is 0.343. The van der Waals surface area contributed by atoms with Crippen molar-refractivity contribution in [2.24, 2.45) is 0 Å². The summed E-state index contributed by atoms with van der Waals surface area (Å²) in [6.45, 7) is 6.56. The standard InChI is InChI=1S/C12H21N3O2S/c1-5-6-15(8-7-14(3)4)12-13-9(2)10(18-12)11(16)17/h5-8H2,1-4H3,(H,16,17). The van der Waals surface area contributed by atoms with Crippen LogP contribution in [0.25, 0.3) is 0 Å². The Bertz CT molecular complexity index is 404. The summed E-state index contributed by atoms with van der Waals surface area (Å²) in [5.41, 5.74) is 0.605. The van der Waals surface area contributed by atoms with Gasteiger partial charge in [0.1, 0.15) is 4.88 Å². The summed E-state index contributed by atoms with van der Waals surface area (Å²) >= 11 is 1.26. The lowest BCUT2D eigenvalue weighted by Crippen LogP contribution is -2.32. The fraction of sp³-hybridized carbons (Fsp3) is 0.667. The van der Waals surface area contributed by atoms with Crippen molar-refractivity contribution in [3.63, 3.8) is 0 Å². The highest BCUT2D eigenvalue weighted by Gasteiger charge is 2.17. The predicted octanol–water partition coefficient (Wildman–Crippen LogP) is 1.93. The maximum atomic E-state index is 11.0. The highest BCUT2D eigenvalue weighted by Crippen LogP contribution is 2.26. The van der Waals surface area contributed by atoms with Crippen LogP contribution in [0.4, 0.5) is 5.13 Å². The van der Waals surface area contributed by atoms with E-state index >= 15 is 0 Å². The van der Waals surface area contributed by atoms with E-state index in [1.165, 1.54) is 11.3 Å². The SMILES string of the molecule is CCCN(CCN(C)C)c1nc(C)c(C(=O)O)s1. The summed E-state index contributed by atoms with van der Waals surface area (Å²) in [4.78, 5) is 20.0. The molecule has 0 fully saturated rings. The molecule has 0 aromatic carbocycles. The van der Waals surface area contributed by atoms with Gasteiger partial charge in [-0.25, -0.2) is 9.78 Å². The monoisotopic (exact) mass is 271 g/mol. The van der Waals surface area contributed by atoms with E-state index < -0.39 is 5.97 Å². The predicted molar refractivity (Wildman–Crippen MR) is 74.9 cm³/mol. The van der Waals surface area contributed by atoms with E-state index in [0.717, 1.165) is 31.2 Å². The van der Waals surface area contributed by atoms with Crippen molar-refractivity contribution in [3.05, 3.63) is 10.6 Å². The number of rotatable bonds is 7. The minimum atomic E-state index is -0.889. The van der Waals surface area contributed by atoms with Gasteiger partial charge < -0.3 is 14.9 Å². The molecule has 0 radical (unpaired) electrons. The van der Waals surface area contributed by atoms with E-state index in [9.17, 15) is 4.79 Å². The molecule has 0 amide bonds. The fourth-order valence-corrected chi connectivity index (χ4v) is 2.57. The second kappa shape index (κ2) is 6.70. The highest BCUT2D eigenvalue weighted by atomic mass is 32.1. The first kappa shape index (κ1) is 14.9. The van der Waals surface area contributed by atoms with E-state index in [-0.39, 0.29) is 0 Å². The number of carboxylic acids is 1. The van der Waals surface area contributed by atoms with Crippen molar-refractivity contribution in [2.75, 3.05) is 38.6 Å². The molecule has 1 aromatic heterocycles. The first-order valence-electron chi connectivity index (χ1n) is 6.06. The maximum Gasteiger partial charge on any atom is 0.347 e. The molecule has 0 spiro atoms. The lowest BCUT2D eigenvalue weighted by atomic mass is 10.4. The van der Waals surface area contributed by atoms with Gasteiger partial charge in [0.05, 0.1) is 5.69 Å². The van der Waals surface area contributed by atoms with Crippen molar-refractivity contribution in [1.82, 2.24) is 9.88 Å². The van der Waals surface area contributed by atoms with Crippen LogP contribution in [-0.4, -0.2) is 54.7 Å². The number of aromatic carboxylic acids is 1. The summed E-state index contributed by atoms with van der Waals surface area (Å²) < 4.78 is 0. The zero-order valence-electron chi connectivity index (χ0n) is 11.4. The third-order valence-electron chi connectivity index (χ3n) is 2.56. The molecule has 102 valence electrons. The number of anilines is 1. The van der Waals surface area contributed by atoms with Crippen LogP contribution in [0.3, 0.4) is 0 Å². The second-order valence-corrected chi connectivity index (χ2v) is 5.48. The van der Waals surface area contributed by atoms with Crippen molar-refractivity contribution in [2.45, 2.75) is 20.3 Å². The summed E-state index contributed by atoms with van der Waals surface area (Å²) in [6.07, 6.45) is 1.02. The molecule has 0 aliphatic carbocycles. The molecular formula is C12H21N3O2S. The zero-order valence-corrected chi connectivity index (χ0v) is 12.3. The van der Waals surface area contributed by atoms with Crippen LogP contribution in [0.15, 0.2) is 0 Å². The smallest absolute Gasteiger partial charge is 0.347 e. The molecule has 1 heterocycles. The molecule has 0 bridgehead atoms. The summed E-state index contributed by atoms with van der Waals surface area (Å²) in [5.74, 6) is -0.889. The Morgan fingerprint density at radius 1 is 1.33 bits per heavy atom. The fourth-order valence-electron chi connectivity index (χ4n) is 1.61. The highest BCUT2D eigenvalue weighted by molar-refractivity contribution is 7.17. The number of nitrogens with zero attached hydrogens (tertiary/aromatic N) is 3. The van der Waals surface area contributed by atoms with Crippen LogP contribution >= 0.6 is 11.3 Å². The van der Waals surface area contributed by atoms with Crippen LogP contribution in [0.2, 0.25) is 0 Å². The van der Waals surface area contributed by atoms with Crippen LogP contribution in [0, 0.1) is 6.92 Å². The van der Waals surface area contributed by atoms with Gasteiger partial charge >= 0.3 is 5.97 Å². The van der Waals surface area contributed by atoms with Gasteiger partial charge in [-0.05, 0) is 27.4 Å². The molecule has 0 aliphatic heterocycles. The van der Waals surface area contributed by atoms with E-state index in [4.69, 9.17) is 5.11 Å². The molecule has 6 heteroatoms. The maximum absolute atomic E-state index is 11.0. The Labute approximate surface area is 112 Å². The van der Waals surface area contributed by atoms with Crippen LogP contribution in [0.1, 0.15) is 28.7 Å². The molecule has 5 nitrogen and oxygen atoms in total. The van der Waals surface area contributed by atoms with E-state index in [1.807, 2.05) is 14.1 Å². The summed E-state index contributed by atoms with van der Waals surface area (Å²) in [6, 6.07) is 0. The minimum Gasteiger partial charge on any atom is -0.477 e. The van der Waals surface area contributed by atoms with Crippen molar-refractivity contribution < 1.29 is 9.90 Å². The number of aryl methyl sites for hydroxylation is 1. The van der Waals surface area contributed by atoms with Gasteiger partial charge in [0.2, 0.25) is 0 Å². The van der Waals surface area contributed by atoms with Crippen molar-refractivity contribution in [1.29, 1.82) is 0 Å². The first-order chi connectivity index (χ1) is 8.45. The van der Waals surface area contributed by atoms with Gasteiger partial charge in [0.25, 0.3) is 0 Å². The van der Waals surface area contributed by atoms with Gasteiger partial charge in [0, 0.05) is 19.6 Å². The molecule has 1 aromatic rings. The summed E-state index contributed by atoms with van der Waals surface area (Å²) in [5, 5.41) is 9.87. The number of hydrogen-bond acceptors (Lipinski definition) is 5. The largest absolute Gasteiger partial charge is 0.477 e. The second-order valence-electron chi connectivity index (χ2n) is 4.51. The Hall–Kier alpha value is -1.14. The molecule has 0 unspecified atom stereocenters. The van der Waals surface area contributed by atoms with Gasteiger partial charge in [-0.1, -0.05) is 18.3 Å². The number of carbonyl (C=O) groups is 1. The molecule has 1 rings (SSSR count). The van der Waals surface area contributed by atoms with Crippen LogP contribution in [0.5, 0.6) is 0 Å². The third kappa shape index (κ3) is 3.96. The number of carboxylic acid groups (broad SMARTS) is 1. The Morgan fingerprint density at radius 2 is 2.00 bits per heavy atom. The quantitative estimate of drug-likeness (QED) is 0.821. The molecule has 0 aliphatic rings. The van der Waals surface area contributed by atoms with Crippen LogP contribution < -0.4 is 4.90 Å². The third-order valence-corrected chi connectivity index (χ3v) is 3.77. The van der Waals surface area contributed by atoms with E-state index in [2.05, 4.69) is 21.7 Å². The summed E-state index contributed by atoms with van der Waals surface area (Å²) in [7, 11) is 4.06. The lowest BCUT2D eigenvalue weighted by molar-refractivity contribution is 0.0701. The van der Waals surface area contributed by atoms with Gasteiger partial charge in [-0.3, -0.25) is 0 Å².